The molecular weight excluding hydrogens is 460 g/mol. The largest absolute Gasteiger partial charge is 0.463 e. The van der Waals surface area contributed by atoms with E-state index in [1.165, 1.54) is 29.0 Å². The topological polar surface area (TPSA) is 78.9 Å². The van der Waals surface area contributed by atoms with Crippen LogP contribution in [0.15, 0.2) is 60.7 Å². The van der Waals surface area contributed by atoms with E-state index in [2.05, 4.69) is 31.2 Å². The van der Waals surface area contributed by atoms with E-state index in [1.807, 2.05) is 0 Å². The average Bonchev–Trinajstić information content (AvgIpc) is 2.83. The van der Waals surface area contributed by atoms with Crippen LogP contribution in [0.4, 0.5) is 0 Å². The molecule has 0 aliphatic carbocycles. The molecule has 0 aliphatic heterocycles. The summed E-state index contributed by atoms with van der Waals surface area (Å²) in [6.45, 7) is 8.48. The molecule has 0 fully saturated rings. The summed E-state index contributed by atoms with van der Waals surface area (Å²) in [5.41, 5.74) is 1.19. The molecule has 0 spiro atoms. The van der Waals surface area contributed by atoms with Gasteiger partial charge < -0.3 is 14.2 Å². The highest BCUT2D eigenvalue weighted by Crippen LogP contribution is 2.27. The first-order valence-corrected chi connectivity index (χ1v) is 14.9. The molecule has 35 heavy (non-hydrogen) atoms. The molecule has 1 aromatic carbocycles. The Bertz CT molecular complexity index is 791. The molecule has 0 unspecified atom stereocenters. The summed E-state index contributed by atoms with van der Waals surface area (Å²) >= 11 is 0. The van der Waals surface area contributed by atoms with Gasteiger partial charge in [0.05, 0.1) is 27.9 Å². The second-order valence-electron chi connectivity index (χ2n) is 8.46. The minimum atomic E-state index is -2.09. The lowest BCUT2D eigenvalue weighted by molar-refractivity contribution is -0.138. The number of esters is 3. The lowest BCUT2D eigenvalue weighted by Gasteiger charge is -2.33. The van der Waals surface area contributed by atoms with Crippen LogP contribution >= 0.6 is 0 Å². The molecule has 1 aromatic rings. The van der Waals surface area contributed by atoms with Crippen LogP contribution in [-0.2, 0) is 28.6 Å². The van der Waals surface area contributed by atoms with Gasteiger partial charge in [-0.2, -0.15) is 0 Å². The standard InChI is InChI=1S/C28H40O6Si/c1-5-11-26(29)32-18-8-21-35(25-16-14-24(4)15-17-25,22-9-19-33-27(30)12-6-2)23-10-20-34-28(31)13-7-3/h5-7,11-17H,8-10,18-23H2,1-4H3. The van der Waals surface area contributed by atoms with E-state index in [0.717, 1.165) is 37.4 Å². The van der Waals surface area contributed by atoms with Gasteiger partial charge in [-0.3, -0.25) is 0 Å². The number of benzene rings is 1. The molecule has 0 amide bonds. The quantitative estimate of drug-likeness (QED) is 0.102. The number of hydrogen-bond donors (Lipinski definition) is 0. The molecular formula is C28H40O6Si. The number of carbonyl (C=O) groups is 3. The summed E-state index contributed by atoms with van der Waals surface area (Å²) in [5.74, 6) is -0.995. The molecule has 0 heterocycles. The van der Waals surface area contributed by atoms with E-state index in [9.17, 15) is 14.4 Å². The highest BCUT2D eigenvalue weighted by Gasteiger charge is 2.34. The van der Waals surface area contributed by atoms with Gasteiger partial charge in [0.1, 0.15) is 0 Å². The third kappa shape index (κ3) is 12.4. The minimum Gasteiger partial charge on any atom is -0.463 e. The summed E-state index contributed by atoms with van der Waals surface area (Å²) in [4.78, 5) is 35.2. The van der Waals surface area contributed by atoms with Crippen molar-refractivity contribution in [1.29, 1.82) is 0 Å². The molecule has 0 radical (unpaired) electrons. The van der Waals surface area contributed by atoms with E-state index < -0.39 is 8.07 Å². The number of ether oxygens (including phenoxy) is 3. The monoisotopic (exact) mass is 500 g/mol. The Kier molecular flexibility index (Phi) is 15.0. The summed E-state index contributed by atoms with van der Waals surface area (Å²) in [5, 5.41) is 1.32. The molecule has 0 N–H and O–H groups in total. The lowest BCUT2D eigenvalue weighted by Crippen LogP contribution is -2.48. The van der Waals surface area contributed by atoms with Gasteiger partial charge in [-0.1, -0.05) is 53.2 Å². The fourth-order valence-electron chi connectivity index (χ4n) is 4.02. The minimum absolute atomic E-state index is 0.332. The molecule has 0 atom stereocenters. The van der Waals surface area contributed by atoms with Gasteiger partial charge in [-0.05, 0) is 65.1 Å². The molecule has 0 saturated heterocycles. The van der Waals surface area contributed by atoms with Crippen molar-refractivity contribution in [1.82, 2.24) is 0 Å². The Morgan fingerprint density at radius 1 is 0.657 bits per heavy atom. The predicted molar refractivity (Wildman–Crippen MR) is 142 cm³/mol. The highest BCUT2D eigenvalue weighted by atomic mass is 28.3. The number of hydrogen-bond acceptors (Lipinski definition) is 6. The van der Waals surface area contributed by atoms with E-state index in [-0.39, 0.29) is 17.9 Å². The first-order chi connectivity index (χ1) is 16.9. The Morgan fingerprint density at radius 2 is 1.00 bits per heavy atom. The number of aryl methyl sites for hydroxylation is 1. The third-order valence-corrected chi connectivity index (χ3v) is 11.2. The first-order valence-electron chi connectivity index (χ1n) is 12.3. The molecule has 0 aliphatic rings. The fourth-order valence-corrected chi connectivity index (χ4v) is 8.97. The van der Waals surface area contributed by atoms with Crippen molar-refractivity contribution in [3.63, 3.8) is 0 Å². The molecule has 0 bridgehead atoms. The van der Waals surface area contributed by atoms with Crippen LogP contribution in [0.25, 0.3) is 0 Å². The van der Waals surface area contributed by atoms with Gasteiger partial charge in [0.2, 0.25) is 0 Å². The first kappa shape index (κ1) is 30.1. The van der Waals surface area contributed by atoms with Gasteiger partial charge in [0.15, 0.2) is 0 Å². The Hall–Kier alpha value is -2.93. The van der Waals surface area contributed by atoms with Crippen molar-refractivity contribution in [2.45, 2.75) is 65.1 Å². The number of allylic oxidation sites excluding steroid dienone is 3. The third-order valence-electron chi connectivity index (χ3n) is 5.70. The van der Waals surface area contributed by atoms with Crippen molar-refractivity contribution in [2.75, 3.05) is 19.8 Å². The summed E-state index contributed by atoms with van der Waals surface area (Å²) in [6.07, 6.45) is 11.5. The Morgan fingerprint density at radius 3 is 1.31 bits per heavy atom. The lowest BCUT2D eigenvalue weighted by atomic mass is 10.2. The zero-order chi connectivity index (χ0) is 25.9. The van der Waals surface area contributed by atoms with Crippen LogP contribution < -0.4 is 5.19 Å². The highest BCUT2D eigenvalue weighted by molar-refractivity contribution is 6.91. The van der Waals surface area contributed by atoms with E-state index in [1.54, 1.807) is 39.0 Å². The van der Waals surface area contributed by atoms with Crippen molar-refractivity contribution in [3.8, 4) is 0 Å². The maximum atomic E-state index is 11.7. The summed E-state index contributed by atoms with van der Waals surface area (Å²) < 4.78 is 16.0. The van der Waals surface area contributed by atoms with Crippen LogP contribution in [-0.4, -0.2) is 45.8 Å². The van der Waals surface area contributed by atoms with Crippen molar-refractivity contribution in [3.05, 3.63) is 66.3 Å². The summed E-state index contributed by atoms with van der Waals surface area (Å²) in [7, 11) is -2.09. The van der Waals surface area contributed by atoms with E-state index in [0.29, 0.717) is 19.8 Å². The number of carbonyl (C=O) groups excluding carboxylic acids is 3. The SMILES string of the molecule is CC=CC(=O)OCCC[Si](CCCOC(=O)C=CC)(CCCOC(=O)C=CC)c1ccc(C)cc1. The number of rotatable bonds is 16. The van der Waals surface area contributed by atoms with Gasteiger partial charge >= 0.3 is 17.9 Å². The zero-order valence-electron chi connectivity index (χ0n) is 21.6. The van der Waals surface area contributed by atoms with Crippen LogP contribution in [0.2, 0.25) is 18.1 Å². The molecule has 0 aromatic heterocycles. The van der Waals surface area contributed by atoms with Crippen molar-refractivity contribution in [2.24, 2.45) is 0 Å². The molecule has 7 heteroatoms. The fraction of sp³-hybridized carbons (Fsp3) is 0.464. The van der Waals surface area contributed by atoms with Crippen LogP contribution in [0.3, 0.4) is 0 Å². The van der Waals surface area contributed by atoms with E-state index >= 15 is 0 Å². The second-order valence-corrected chi connectivity index (χ2v) is 13.1. The second kappa shape index (κ2) is 17.5. The van der Waals surface area contributed by atoms with Gasteiger partial charge in [-0.25, -0.2) is 14.4 Å². The average molecular weight is 501 g/mol. The maximum Gasteiger partial charge on any atom is 0.330 e. The Balaban J connectivity index is 2.99. The molecule has 6 nitrogen and oxygen atoms in total. The van der Waals surface area contributed by atoms with Crippen LogP contribution in [0.5, 0.6) is 0 Å². The maximum absolute atomic E-state index is 11.7. The van der Waals surface area contributed by atoms with E-state index in [4.69, 9.17) is 14.2 Å². The molecule has 1 rings (SSSR count). The normalized spacial score (nSPS) is 13.3. The summed E-state index contributed by atoms with van der Waals surface area (Å²) in [6, 6.07) is 11.4. The zero-order valence-corrected chi connectivity index (χ0v) is 22.6. The Labute approximate surface area is 211 Å². The van der Waals surface area contributed by atoms with Crippen molar-refractivity contribution < 1.29 is 28.6 Å². The van der Waals surface area contributed by atoms with Gasteiger partial charge in [0, 0.05) is 18.2 Å². The molecule has 0 saturated carbocycles. The molecule has 192 valence electrons. The van der Waals surface area contributed by atoms with Crippen LogP contribution in [0, 0.1) is 6.92 Å². The van der Waals surface area contributed by atoms with Gasteiger partial charge in [0.25, 0.3) is 0 Å². The van der Waals surface area contributed by atoms with Gasteiger partial charge in [-0.15, -0.1) is 0 Å². The smallest absolute Gasteiger partial charge is 0.330 e. The predicted octanol–water partition coefficient (Wildman–Crippen LogP) is 5.18. The van der Waals surface area contributed by atoms with Crippen LogP contribution in [0.1, 0.15) is 45.6 Å². The van der Waals surface area contributed by atoms with Crippen molar-refractivity contribution >= 4 is 31.2 Å².